The number of carbonyl (C=O) groups excluding carboxylic acids is 3. The average molecular weight is 354 g/mol. The summed E-state index contributed by atoms with van der Waals surface area (Å²) in [5.74, 6) is -1.89. The molecule has 0 aliphatic carbocycles. The highest BCUT2D eigenvalue weighted by Crippen LogP contribution is 2.27. The third kappa shape index (κ3) is 5.02. The molecule has 0 radical (unpaired) electrons. The van der Waals surface area contributed by atoms with Gasteiger partial charge in [0.25, 0.3) is 0 Å². The van der Waals surface area contributed by atoms with Crippen molar-refractivity contribution in [3.63, 3.8) is 0 Å². The molecule has 0 N–H and O–H groups in total. The van der Waals surface area contributed by atoms with Crippen molar-refractivity contribution in [3.05, 3.63) is 64.7 Å². The Morgan fingerprint density at radius 3 is 2.35 bits per heavy atom. The Morgan fingerprint density at radius 2 is 1.69 bits per heavy atom. The molecule has 0 spiro atoms. The number of rotatable bonds is 8. The Kier molecular flexibility index (Phi) is 6.67. The van der Waals surface area contributed by atoms with Gasteiger partial charge in [-0.25, -0.2) is 4.79 Å². The van der Waals surface area contributed by atoms with E-state index in [4.69, 9.17) is 4.74 Å². The maximum atomic E-state index is 12.6. The Balaban J connectivity index is 2.22. The van der Waals surface area contributed by atoms with E-state index >= 15 is 0 Å². The van der Waals surface area contributed by atoms with E-state index in [2.05, 4.69) is 4.74 Å². The van der Waals surface area contributed by atoms with E-state index in [1.165, 1.54) is 0 Å². The second-order valence-electron chi connectivity index (χ2n) is 5.97. The van der Waals surface area contributed by atoms with Gasteiger partial charge in [-0.3, -0.25) is 9.59 Å². The average Bonchev–Trinajstić information content (AvgIpc) is 2.60. The highest BCUT2D eigenvalue weighted by atomic mass is 16.5. The van der Waals surface area contributed by atoms with Gasteiger partial charge >= 0.3 is 5.97 Å². The van der Waals surface area contributed by atoms with Crippen molar-refractivity contribution in [2.24, 2.45) is 0 Å². The van der Waals surface area contributed by atoms with Crippen molar-refractivity contribution < 1.29 is 23.9 Å². The van der Waals surface area contributed by atoms with Crippen molar-refractivity contribution >= 4 is 17.5 Å². The SMILES string of the molecule is CCOC(=O)C(=O)CC(=O)c1c(C)cc(C)cc1OCc1ccccc1. The normalized spacial score (nSPS) is 10.3. The molecule has 0 heterocycles. The van der Waals surface area contributed by atoms with Crippen LogP contribution in [0.4, 0.5) is 0 Å². The quantitative estimate of drug-likeness (QED) is 0.314. The zero-order valence-corrected chi connectivity index (χ0v) is 15.2. The summed E-state index contributed by atoms with van der Waals surface area (Å²) in [7, 11) is 0. The van der Waals surface area contributed by atoms with Gasteiger partial charge < -0.3 is 9.47 Å². The van der Waals surface area contributed by atoms with E-state index in [1.54, 1.807) is 19.9 Å². The van der Waals surface area contributed by atoms with Gasteiger partial charge in [-0.15, -0.1) is 0 Å². The maximum absolute atomic E-state index is 12.6. The van der Waals surface area contributed by atoms with Crippen molar-refractivity contribution in [2.75, 3.05) is 6.61 Å². The molecule has 0 saturated heterocycles. The zero-order valence-electron chi connectivity index (χ0n) is 15.2. The van der Waals surface area contributed by atoms with Crippen LogP contribution in [-0.2, 0) is 20.9 Å². The lowest BCUT2D eigenvalue weighted by molar-refractivity contribution is -0.153. The first kappa shape index (κ1) is 19.4. The Hall–Kier alpha value is -2.95. The molecule has 2 rings (SSSR count). The molecule has 0 aliphatic rings. The maximum Gasteiger partial charge on any atom is 0.375 e. The number of esters is 1. The molecule has 0 aliphatic heterocycles. The van der Waals surface area contributed by atoms with Crippen LogP contribution >= 0.6 is 0 Å². The molecule has 0 bridgehead atoms. The number of ketones is 2. The summed E-state index contributed by atoms with van der Waals surface area (Å²) < 4.78 is 10.5. The van der Waals surface area contributed by atoms with Crippen LogP contribution in [0.3, 0.4) is 0 Å². The summed E-state index contributed by atoms with van der Waals surface area (Å²) in [5.41, 5.74) is 2.94. The molecule has 5 heteroatoms. The number of carbonyl (C=O) groups is 3. The molecule has 136 valence electrons. The molecule has 0 atom stereocenters. The number of aryl methyl sites for hydroxylation is 2. The number of hydrogen-bond donors (Lipinski definition) is 0. The standard InChI is InChI=1S/C21H22O5/c1-4-25-21(24)18(23)12-17(22)20-15(3)10-14(2)11-19(20)26-13-16-8-6-5-7-9-16/h5-11H,4,12-13H2,1-3H3. The molecule has 2 aromatic rings. The van der Waals surface area contributed by atoms with Crippen LogP contribution in [0.15, 0.2) is 42.5 Å². The lowest BCUT2D eigenvalue weighted by Gasteiger charge is -2.14. The zero-order chi connectivity index (χ0) is 19.1. The fourth-order valence-electron chi connectivity index (χ4n) is 2.65. The number of benzene rings is 2. The van der Waals surface area contributed by atoms with Crippen molar-refractivity contribution in [3.8, 4) is 5.75 Å². The summed E-state index contributed by atoms with van der Waals surface area (Å²) in [6, 6.07) is 13.2. The van der Waals surface area contributed by atoms with Crippen molar-refractivity contribution in [1.29, 1.82) is 0 Å². The molecule has 0 saturated carbocycles. The Labute approximate surface area is 152 Å². The van der Waals surface area contributed by atoms with Gasteiger partial charge in [0, 0.05) is 0 Å². The molecule has 26 heavy (non-hydrogen) atoms. The van der Waals surface area contributed by atoms with Crippen LogP contribution in [0.5, 0.6) is 5.75 Å². The van der Waals surface area contributed by atoms with Gasteiger partial charge in [0.2, 0.25) is 5.78 Å². The highest BCUT2D eigenvalue weighted by Gasteiger charge is 2.24. The van der Waals surface area contributed by atoms with E-state index in [9.17, 15) is 14.4 Å². The molecule has 0 aromatic heterocycles. The van der Waals surface area contributed by atoms with Crippen molar-refractivity contribution in [1.82, 2.24) is 0 Å². The third-order valence-electron chi connectivity index (χ3n) is 3.78. The van der Waals surface area contributed by atoms with E-state index in [0.29, 0.717) is 23.5 Å². The van der Waals surface area contributed by atoms with Crippen LogP contribution in [0.2, 0.25) is 0 Å². The lowest BCUT2D eigenvalue weighted by atomic mass is 9.98. The number of ether oxygens (including phenoxy) is 2. The van der Waals surface area contributed by atoms with Gasteiger partial charge in [-0.1, -0.05) is 36.4 Å². The van der Waals surface area contributed by atoms with Crippen LogP contribution in [0, 0.1) is 13.8 Å². The monoisotopic (exact) mass is 354 g/mol. The van der Waals surface area contributed by atoms with Gasteiger partial charge in [0.05, 0.1) is 18.6 Å². The van der Waals surface area contributed by atoms with E-state index in [0.717, 1.165) is 11.1 Å². The first-order valence-corrected chi connectivity index (χ1v) is 8.43. The second kappa shape index (κ2) is 8.94. The van der Waals surface area contributed by atoms with E-state index in [1.807, 2.05) is 43.3 Å². The first-order chi connectivity index (χ1) is 12.4. The summed E-state index contributed by atoms with van der Waals surface area (Å²) in [4.78, 5) is 36.0. The third-order valence-corrected chi connectivity index (χ3v) is 3.78. The predicted molar refractivity (Wildman–Crippen MR) is 97.3 cm³/mol. The van der Waals surface area contributed by atoms with Crippen molar-refractivity contribution in [2.45, 2.75) is 33.8 Å². The summed E-state index contributed by atoms with van der Waals surface area (Å²) in [6.45, 7) is 5.68. The van der Waals surface area contributed by atoms with E-state index < -0.39 is 24.0 Å². The predicted octanol–water partition coefficient (Wildman–Crippen LogP) is 3.59. The number of Topliss-reactive ketones (excluding diaryl/α,β-unsaturated/α-hetero) is 2. The summed E-state index contributed by atoms with van der Waals surface area (Å²) in [5, 5.41) is 0. The van der Waals surface area contributed by atoms with Gasteiger partial charge in [0.1, 0.15) is 12.4 Å². The molecule has 2 aromatic carbocycles. The summed E-state index contributed by atoms with van der Waals surface area (Å²) in [6.07, 6.45) is -0.537. The van der Waals surface area contributed by atoms with Gasteiger partial charge in [-0.2, -0.15) is 0 Å². The first-order valence-electron chi connectivity index (χ1n) is 8.43. The smallest absolute Gasteiger partial charge is 0.375 e. The minimum Gasteiger partial charge on any atom is -0.488 e. The molecule has 0 fully saturated rings. The molecular formula is C21H22O5. The van der Waals surface area contributed by atoms with Crippen LogP contribution in [0.1, 0.15) is 40.4 Å². The van der Waals surface area contributed by atoms with Gasteiger partial charge in [0.15, 0.2) is 5.78 Å². The van der Waals surface area contributed by atoms with Crippen LogP contribution < -0.4 is 4.74 Å². The molecular weight excluding hydrogens is 332 g/mol. The topological polar surface area (TPSA) is 69.7 Å². The van der Waals surface area contributed by atoms with Crippen LogP contribution in [0.25, 0.3) is 0 Å². The second-order valence-corrected chi connectivity index (χ2v) is 5.97. The Morgan fingerprint density at radius 1 is 1.00 bits per heavy atom. The molecule has 0 amide bonds. The minimum absolute atomic E-state index is 0.0910. The fraction of sp³-hybridized carbons (Fsp3) is 0.286. The minimum atomic E-state index is -0.989. The van der Waals surface area contributed by atoms with Gasteiger partial charge in [-0.05, 0) is 43.5 Å². The van der Waals surface area contributed by atoms with E-state index in [-0.39, 0.29) is 6.61 Å². The summed E-state index contributed by atoms with van der Waals surface area (Å²) >= 11 is 0. The lowest BCUT2D eigenvalue weighted by Crippen LogP contribution is -2.21. The molecule has 5 nitrogen and oxygen atoms in total. The fourth-order valence-corrected chi connectivity index (χ4v) is 2.65. The largest absolute Gasteiger partial charge is 0.488 e. The Bertz CT molecular complexity index is 809. The number of hydrogen-bond acceptors (Lipinski definition) is 5. The highest BCUT2D eigenvalue weighted by molar-refractivity contribution is 6.38. The molecule has 0 unspecified atom stereocenters. The van der Waals surface area contributed by atoms with Crippen LogP contribution in [-0.4, -0.2) is 24.1 Å².